The molecule has 0 aliphatic carbocycles. The fourth-order valence-electron chi connectivity index (χ4n) is 4.17. The van der Waals surface area contributed by atoms with E-state index >= 15 is 0 Å². The van der Waals surface area contributed by atoms with Crippen molar-refractivity contribution in [3.05, 3.63) is 77.1 Å². The monoisotopic (exact) mass is 383 g/mol. The van der Waals surface area contributed by atoms with Crippen molar-refractivity contribution >= 4 is 16.7 Å². The van der Waals surface area contributed by atoms with Crippen LogP contribution in [0, 0.1) is 6.92 Å². The zero-order valence-corrected chi connectivity index (χ0v) is 16.9. The van der Waals surface area contributed by atoms with Gasteiger partial charge in [0.15, 0.2) is 5.82 Å². The first kappa shape index (κ1) is 17.9. The van der Waals surface area contributed by atoms with Crippen LogP contribution in [0.5, 0.6) is 0 Å². The van der Waals surface area contributed by atoms with E-state index < -0.39 is 0 Å². The van der Waals surface area contributed by atoms with Gasteiger partial charge in [0.1, 0.15) is 5.82 Å². The maximum Gasteiger partial charge on any atom is 0.164 e. The maximum atomic E-state index is 5.02. The van der Waals surface area contributed by atoms with Crippen LogP contribution >= 0.6 is 0 Å². The van der Waals surface area contributed by atoms with E-state index in [-0.39, 0.29) is 0 Å². The Morgan fingerprint density at radius 3 is 2.69 bits per heavy atom. The second kappa shape index (κ2) is 7.33. The minimum atomic E-state index is 0.756. The predicted molar refractivity (Wildman–Crippen MR) is 118 cm³/mol. The number of benzene rings is 2. The highest BCUT2D eigenvalue weighted by Crippen LogP contribution is 2.33. The number of para-hydroxylation sites is 1. The third-order valence-corrected chi connectivity index (χ3v) is 5.68. The summed E-state index contributed by atoms with van der Waals surface area (Å²) < 4.78 is 0. The van der Waals surface area contributed by atoms with Crippen molar-refractivity contribution in [2.24, 2.45) is 0 Å². The van der Waals surface area contributed by atoms with Crippen molar-refractivity contribution in [2.45, 2.75) is 26.4 Å². The van der Waals surface area contributed by atoms with Gasteiger partial charge in [0.25, 0.3) is 0 Å². The number of aromatic nitrogens is 3. The molecule has 0 fully saturated rings. The molecule has 0 bridgehead atoms. The number of nitrogens with one attached hydrogen (secondary N) is 2. The number of aryl methyl sites for hydroxylation is 1. The Balaban J connectivity index is 1.61. The fourth-order valence-corrected chi connectivity index (χ4v) is 4.17. The SMILES string of the molecule is Cc1[nH]c2ccccc2c1-c1nc2c(c(NCc3ccccc3)n1)CCN(C)C2. The maximum absolute atomic E-state index is 5.02. The van der Waals surface area contributed by atoms with Gasteiger partial charge in [-0.2, -0.15) is 0 Å². The van der Waals surface area contributed by atoms with Crippen molar-refractivity contribution in [2.75, 3.05) is 18.9 Å². The molecular weight excluding hydrogens is 358 g/mol. The Labute approximate surface area is 170 Å². The molecule has 0 unspecified atom stereocenters. The summed E-state index contributed by atoms with van der Waals surface area (Å²) in [5.74, 6) is 1.76. The number of rotatable bonds is 4. The third-order valence-electron chi connectivity index (χ3n) is 5.68. The van der Waals surface area contributed by atoms with E-state index in [1.165, 1.54) is 16.5 Å². The predicted octanol–water partition coefficient (Wildman–Crippen LogP) is 4.53. The Bertz CT molecular complexity index is 1160. The molecule has 0 atom stereocenters. The number of nitrogens with zero attached hydrogens (tertiary/aromatic N) is 3. The second-order valence-electron chi connectivity index (χ2n) is 7.82. The van der Waals surface area contributed by atoms with Gasteiger partial charge in [0.05, 0.1) is 5.69 Å². The first-order valence-corrected chi connectivity index (χ1v) is 10.1. The molecule has 1 aliphatic heterocycles. The van der Waals surface area contributed by atoms with Gasteiger partial charge in [0, 0.05) is 47.4 Å². The smallest absolute Gasteiger partial charge is 0.164 e. The lowest BCUT2D eigenvalue weighted by molar-refractivity contribution is 0.307. The van der Waals surface area contributed by atoms with Crippen LogP contribution in [0.1, 0.15) is 22.5 Å². The summed E-state index contributed by atoms with van der Waals surface area (Å²) in [4.78, 5) is 15.8. The highest BCUT2D eigenvalue weighted by Gasteiger charge is 2.22. The highest BCUT2D eigenvalue weighted by molar-refractivity contribution is 5.95. The molecule has 4 aromatic rings. The van der Waals surface area contributed by atoms with E-state index in [9.17, 15) is 0 Å². The van der Waals surface area contributed by atoms with Crippen molar-refractivity contribution in [3.63, 3.8) is 0 Å². The molecule has 0 saturated carbocycles. The van der Waals surface area contributed by atoms with Gasteiger partial charge < -0.3 is 15.2 Å². The highest BCUT2D eigenvalue weighted by atomic mass is 15.1. The molecule has 5 nitrogen and oxygen atoms in total. The largest absolute Gasteiger partial charge is 0.366 e. The van der Waals surface area contributed by atoms with Crippen LogP contribution in [0.3, 0.4) is 0 Å². The van der Waals surface area contributed by atoms with Crippen molar-refractivity contribution in [1.82, 2.24) is 19.9 Å². The average molecular weight is 383 g/mol. The number of likely N-dealkylation sites (N-methyl/N-ethyl adjacent to an activating group) is 1. The van der Waals surface area contributed by atoms with Gasteiger partial charge in [-0.15, -0.1) is 0 Å². The number of anilines is 1. The molecule has 2 aromatic heterocycles. The summed E-state index contributed by atoms with van der Waals surface area (Å²) >= 11 is 0. The van der Waals surface area contributed by atoms with E-state index in [0.29, 0.717) is 0 Å². The molecule has 0 spiro atoms. The lowest BCUT2D eigenvalue weighted by Gasteiger charge is -2.26. The Kier molecular flexibility index (Phi) is 4.52. The molecular formula is C24H25N5. The number of aromatic amines is 1. The Morgan fingerprint density at radius 2 is 1.83 bits per heavy atom. The summed E-state index contributed by atoms with van der Waals surface area (Å²) in [6.07, 6.45) is 0.968. The van der Waals surface area contributed by atoms with E-state index in [1.807, 2.05) is 6.07 Å². The molecule has 2 aromatic carbocycles. The van der Waals surface area contributed by atoms with Gasteiger partial charge in [-0.05, 0) is 32.0 Å². The third kappa shape index (κ3) is 3.38. The molecule has 5 heteroatoms. The normalized spacial score (nSPS) is 14.1. The standard InChI is InChI=1S/C24H25N5/c1-16-22(18-10-6-7-11-20(18)26-16)24-27-21-15-29(2)13-12-19(21)23(28-24)25-14-17-8-4-3-5-9-17/h3-11,26H,12-15H2,1-2H3,(H,25,27,28). The topological polar surface area (TPSA) is 56.8 Å². The van der Waals surface area contributed by atoms with Gasteiger partial charge in [-0.1, -0.05) is 48.5 Å². The van der Waals surface area contributed by atoms with Crippen LogP contribution < -0.4 is 5.32 Å². The zero-order chi connectivity index (χ0) is 19.8. The van der Waals surface area contributed by atoms with Crippen molar-refractivity contribution in [1.29, 1.82) is 0 Å². The lowest BCUT2D eigenvalue weighted by Crippen LogP contribution is -2.29. The second-order valence-corrected chi connectivity index (χ2v) is 7.82. The number of H-pyrrole nitrogens is 1. The summed E-state index contributed by atoms with van der Waals surface area (Å²) in [6, 6.07) is 18.8. The molecule has 0 amide bonds. The first-order valence-electron chi connectivity index (χ1n) is 10.1. The Morgan fingerprint density at radius 1 is 1.03 bits per heavy atom. The number of hydrogen-bond acceptors (Lipinski definition) is 4. The number of hydrogen-bond donors (Lipinski definition) is 2. The molecule has 1 aliphatic rings. The van der Waals surface area contributed by atoms with Crippen LogP contribution in [-0.4, -0.2) is 33.4 Å². The Hall–Kier alpha value is -3.18. The van der Waals surface area contributed by atoms with E-state index in [1.54, 1.807) is 0 Å². The fraction of sp³-hybridized carbons (Fsp3) is 0.250. The van der Waals surface area contributed by atoms with Crippen molar-refractivity contribution < 1.29 is 0 Å². The van der Waals surface area contributed by atoms with Crippen LogP contribution in [-0.2, 0) is 19.5 Å². The summed E-state index contributed by atoms with van der Waals surface area (Å²) in [6.45, 7) is 4.74. The van der Waals surface area contributed by atoms with Crippen LogP contribution in [0.2, 0.25) is 0 Å². The molecule has 0 radical (unpaired) electrons. The number of fused-ring (bicyclic) bond motifs is 2. The van der Waals surface area contributed by atoms with Gasteiger partial charge >= 0.3 is 0 Å². The molecule has 2 N–H and O–H groups in total. The van der Waals surface area contributed by atoms with Crippen LogP contribution in [0.15, 0.2) is 54.6 Å². The van der Waals surface area contributed by atoms with E-state index in [2.05, 4.69) is 77.7 Å². The van der Waals surface area contributed by atoms with E-state index in [0.717, 1.165) is 60.2 Å². The zero-order valence-electron chi connectivity index (χ0n) is 16.9. The molecule has 29 heavy (non-hydrogen) atoms. The molecule has 146 valence electrons. The average Bonchev–Trinajstić information content (AvgIpc) is 3.08. The van der Waals surface area contributed by atoms with Crippen molar-refractivity contribution in [3.8, 4) is 11.4 Å². The molecule has 5 rings (SSSR count). The summed E-state index contributed by atoms with van der Waals surface area (Å²) in [5, 5.41) is 4.76. The van der Waals surface area contributed by atoms with Crippen LogP contribution in [0.25, 0.3) is 22.3 Å². The van der Waals surface area contributed by atoms with Gasteiger partial charge in [-0.25, -0.2) is 9.97 Å². The van der Waals surface area contributed by atoms with Crippen LogP contribution in [0.4, 0.5) is 5.82 Å². The summed E-state index contributed by atoms with van der Waals surface area (Å²) in [5.41, 5.74) is 6.95. The lowest BCUT2D eigenvalue weighted by atomic mass is 10.0. The quantitative estimate of drug-likeness (QED) is 0.543. The van der Waals surface area contributed by atoms with E-state index in [4.69, 9.17) is 9.97 Å². The summed E-state index contributed by atoms with van der Waals surface area (Å²) in [7, 11) is 2.15. The first-order chi connectivity index (χ1) is 14.2. The minimum absolute atomic E-state index is 0.756. The molecule has 3 heterocycles. The molecule has 0 saturated heterocycles. The van der Waals surface area contributed by atoms with Gasteiger partial charge in [-0.3, -0.25) is 0 Å². The van der Waals surface area contributed by atoms with Gasteiger partial charge in [0.2, 0.25) is 0 Å². The minimum Gasteiger partial charge on any atom is -0.366 e.